The highest BCUT2D eigenvalue weighted by molar-refractivity contribution is 5.95. The van der Waals surface area contributed by atoms with Crippen molar-refractivity contribution in [3.8, 4) is 22.6 Å². The number of hydrogen-bond donors (Lipinski definition) is 3. The van der Waals surface area contributed by atoms with Gasteiger partial charge in [0.05, 0.1) is 36.8 Å². The number of ether oxygens (including phenoxy) is 2. The van der Waals surface area contributed by atoms with Crippen LogP contribution in [-0.4, -0.2) is 32.3 Å². The van der Waals surface area contributed by atoms with E-state index in [0.717, 1.165) is 22.6 Å². The highest BCUT2D eigenvalue weighted by Gasteiger charge is 2.13. The van der Waals surface area contributed by atoms with E-state index < -0.39 is 5.97 Å². The van der Waals surface area contributed by atoms with Crippen LogP contribution in [-0.2, 0) is 0 Å². The number of hydrogen-bond acceptors (Lipinski definition) is 5. The number of carbonyl (C=O) groups is 1. The fraction of sp³-hybridized carbons (Fsp3) is 0.136. The van der Waals surface area contributed by atoms with Gasteiger partial charge in [-0.15, -0.1) is 0 Å². The number of aromatic carboxylic acids is 1. The van der Waals surface area contributed by atoms with Crippen LogP contribution in [0.2, 0.25) is 0 Å². The monoisotopic (exact) mass is 378 g/mol. The molecule has 0 aliphatic rings. The molecule has 0 fully saturated rings. The summed E-state index contributed by atoms with van der Waals surface area (Å²) in [5.74, 6) is 0.362. The van der Waals surface area contributed by atoms with Crippen molar-refractivity contribution in [3.63, 3.8) is 0 Å². The highest BCUT2D eigenvalue weighted by atomic mass is 16.5. The van der Waals surface area contributed by atoms with Crippen LogP contribution in [0.5, 0.6) is 11.5 Å². The topological polar surface area (TPSA) is 79.8 Å². The van der Waals surface area contributed by atoms with Gasteiger partial charge in [0.1, 0.15) is 11.5 Å². The molecule has 0 saturated carbocycles. The van der Waals surface area contributed by atoms with Crippen molar-refractivity contribution in [3.05, 3.63) is 66.2 Å². The number of nitrogens with one attached hydrogen (secondary N) is 2. The molecule has 0 radical (unpaired) electrons. The molecule has 0 aromatic heterocycles. The Morgan fingerprint density at radius 2 is 1.39 bits per heavy atom. The number of methoxy groups -OCH3 is 2. The first-order valence-electron chi connectivity index (χ1n) is 8.71. The van der Waals surface area contributed by atoms with Crippen LogP contribution in [0.25, 0.3) is 11.1 Å². The number of benzene rings is 3. The summed E-state index contributed by atoms with van der Waals surface area (Å²) in [6, 6.07) is 18.4. The lowest BCUT2D eigenvalue weighted by Crippen LogP contribution is -2.03. The molecule has 0 aliphatic carbocycles. The highest BCUT2D eigenvalue weighted by Crippen LogP contribution is 2.36. The molecule has 3 aromatic carbocycles. The summed E-state index contributed by atoms with van der Waals surface area (Å²) < 4.78 is 11.0. The number of anilines is 3. The maximum absolute atomic E-state index is 11.4. The van der Waals surface area contributed by atoms with Gasteiger partial charge in [-0.05, 0) is 47.5 Å². The van der Waals surface area contributed by atoms with E-state index in [9.17, 15) is 9.90 Å². The van der Waals surface area contributed by atoms with Gasteiger partial charge in [0, 0.05) is 7.05 Å². The van der Waals surface area contributed by atoms with E-state index in [0.29, 0.717) is 17.1 Å². The third kappa shape index (κ3) is 3.86. The zero-order valence-corrected chi connectivity index (χ0v) is 15.9. The predicted octanol–water partition coefficient (Wildman–Crippen LogP) is 4.85. The van der Waals surface area contributed by atoms with Crippen molar-refractivity contribution in [2.45, 2.75) is 0 Å². The molecule has 6 heteroatoms. The van der Waals surface area contributed by atoms with Crippen molar-refractivity contribution < 1.29 is 19.4 Å². The van der Waals surface area contributed by atoms with Gasteiger partial charge < -0.3 is 25.2 Å². The van der Waals surface area contributed by atoms with Gasteiger partial charge in [0.2, 0.25) is 0 Å². The van der Waals surface area contributed by atoms with E-state index in [1.54, 1.807) is 38.5 Å². The van der Waals surface area contributed by atoms with Crippen molar-refractivity contribution in [1.29, 1.82) is 0 Å². The molecule has 0 unspecified atom stereocenters. The SMILES string of the molecule is CNc1ccc(-c2ccc(Nc3ccccc3C(=O)O)c(OC)c2)cc1OC. The molecule has 144 valence electrons. The van der Waals surface area contributed by atoms with Crippen molar-refractivity contribution in [2.75, 3.05) is 31.9 Å². The average Bonchev–Trinajstić information content (AvgIpc) is 2.73. The molecule has 0 saturated heterocycles. The number of carboxylic acid groups (broad SMARTS) is 1. The first kappa shape index (κ1) is 19.1. The molecular weight excluding hydrogens is 356 g/mol. The van der Waals surface area contributed by atoms with Crippen LogP contribution in [0.15, 0.2) is 60.7 Å². The number of carboxylic acids is 1. The summed E-state index contributed by atoms with van der Waals surface area (Å²) >= 11 is 0. The summed E-state index contributed by atoms with van der Waals surface area (Å²) in [6.07, 6.45) is 0. The molecule has 0 aliphatic heterocycles. The summed E-state index contributed by atoms with van der Waals surface area (Å²) in [7, 11) is 5.06. The van der Waals surface area contributed by atoms with E-state index in [1.807, 2.05) is 43.4 Å². The zero-order valence-electron chi connectivity index (χ0n) is 15.9. The molecule has 3 rings (SSSR count). The first-order valence-corrected chi connectivity index (χ1v) is 8.71. The minimum atomic E-state index is -0.990. The van der Waals surface area contributed by atoms with Crippen LogP contribution in [0.4, 0.5) is 17.1 Å². The van der Waals surface area contributed by atoms with Gasteiger partial charge in [0.15, 0.2) is 0 Å². The van der Waals surface area contributed by atoms with E-state index in [-0.39, 0.29) is 5.56 Å². The second-order valence-electron chi connectivity index (χ2n) is 6.06. The first-order chi connectivity index (χ1) is 13.6. The summed E-state index contributed by atoms with van der Waals surface area (Å²) in [5, 5.41) is 15.6. The van der Waals surface area contributed by atoms with Gasteiger partial charge in [0.25, 0.3) is 0 Å². The molecule has 0 atom stereocenters. The van der Waals surface area contributed by atoms with Gasteiger partial charge >= 0.3 is 5.97 Å². The van der Waals surface area contributed by atoms with Crippen molar-refractivity contribution in [2.24, 2.45) is 0 Å². The molecule has 3 aromatic rings. The Kier molecular flexibility index (Phi) is 5.69. The molecule has 6 nitrogen and oxygen atoms in total. The minimum Gasteiger partial charge on any atom is -0.495 e. The number of rotatable bonds is 7. The molecule has 28 heavy (non-hydrogen) atoms. The Hall–Kier alpha value is -3.67. The number of para-hydroxylation sites is 1. The van der Waals surface area contributed by atoms with Crippen LogP contribution in [0.1, 0.15) is 10.4 Å². The fourth-order valence-corrected chi connectivity index (χ4v) is 2.98. The van der Waals surface area contributed by atoms with Crippen LogP contribution < -0.4 is 20.1 Å². The average molecular weight is 378 g/mol. The standard InChI is InChI=1S/C22H22N2O4/c1-23-18-10-8-14(12-20(18)27-2)15-9-11-19(21(13-15)28-3)24-17-7-5-4-6-16(17)22(25)26/h4-13,23-24H,1-3H3,(H,25,26). The van der Waals surface area contributed by atoms with Crippen molar-refractivity contribution in [1.82, 2.24) is 0 Å². The van der Waals surface area contributed by atoms with Gasteiger partial charge in [-0.2, -0.15) is 0 Å². The third-order valence-electron chi connectivity index (χ3n) is 4.43. The Bertz CT molecular complexity index is 1000. The molecule has 3 N–H and O–H groups in total. The van der Waals surface area contributed by atoms with E-state index in [2.05, 4.69) is 10.6 Å². The largest absolute Gasteiger partial charge is 0.495 e. The fourth-order valence-electron chi connectivity index (χ4n) is 2.98. The van der Waals surface area contributed by atoms with Crippen LogP contribution in [0.3, 0.4) is 0 Å². The smallest absolute Gasteiger partial charge is 0.337 e. The van der Waals surface area contributed by atoms with Gasteiger partial charge in [-0.3, -0.25) is 0 Å². The van der Waals surface area contributed by atoms with E-state index >= 15 is 0 Å². The quantitative estimate of drug-likeness (QED) is 0.545. The second-order valence-corrected chi connectivity index (χ2v) is 6.06. The maximum atomic E-state index is 11.4. The lowest BCUT2D eigenvalue weighted by molar-refractivity contribution is 0.0698. The van der Waals surface area contributed by atoms with E-state index in [4.69, 9.17) is 9.47 Å². The zero-order chi connectivity index (χ0) is 20.1. The summed E-state index contributed by atoms with van der Waals surface area (Å²) in [4.78, 5) is 11.4. The molecule has 0 bridgehead atoms. The Labute approximate surface area is 163 Å². The van der Waals surface area contributed by atoms with Crippen LogP contribution in [0, 0.1) is 0 Å². The van der Waals surface area contributed by atoms with E-state index in [1.165, 1.54) is 0 Å². The maximum Gasteiger partial charge on any atom is 0.337 e. The summed E-state index contributed by atoms with van der Waals surface area (Å²) in [5.41, 5.74) is 4.21. The molecule has 0 spiro atoms. The Balaban J connectivity index is 1.97. The molecule has 0 amide bonds. The Morgan fingerprint density at radius 3 is 1.96 bits per heavy atom. The second kappa shape index (κ2) is 8.35. The lowest BCUT2D eigenvalue weighted by atomic mass is 10.0. The van der Waals surface area contributed by atoms with Crippen molar-refractivity contribution >= 4 is 23.0 Å². The summed E-state index contributed by atoms with van der Waals surface area (Å²) in [6.45, 7) is 0. The Morgan fingerprint density at radius 1 is 0.821 bits per heavy atom. The van der Waals surface area contributed by atoms with Gasteiger partial charge in [-0.1, -0.05) is 24.3 Å². The van der Waals surface area contributed by atoms with Crippen LogP contribution >= 0.6 is 0 Å². The lowest BCUT2D eigenvalue weighted by Gasteiger charge is -2.15. The molecule has 0 heterocycles. The normalized spacial score (nSPS) is 10.2. The molecular formula is C22H22N2O4. The third-order valence-corrected chi connectivity index (χ3v) is 4.43. The predicted molar refractivity (Wildman–Crippen MR) is 111 cm³/mol. The van der Waals surface area contributed by atoms with Gasteiger partial charge in [-0.25, -0.2) is 4.79 Å². The minimum absolute atomic E-state index is 0.195.